The summed E-state index contributed by atoms with van der Waals surface area (Å²) in [5.41, 5.74) is -4.88. The number of benzene rings is 1. The van der Waals surface area contributed by atoms with Crippen LogP contribution in [-0.4, -0.2) is 112 Å². The van der Waals surface area contributed by atoms with Crippen molar-refractivity contribution in [3.8, 4) is 12.3 Å². The second kappa shape index (κ2) is 15.4. The quantitative estimate of drug-likeness (QED) is 0.0625. The van der Waals surface area contributed by atoms with Crippen molar-refractivity contribution in [2.45, 2.75) is 94.8 Å². The average molecular weight is 772 g/mol. The van der Waals surface area contributed by atoms with E-state index in [2.05, 4.69) is 61.2 Å². The largest absolute Gasteiger partial charge is 0.479 e. The number of carboxylic acid groups (broad SMARTS) is 1. The summed E-state index contributed by atoms with van der Waals surface area (Å²) >= 11 is 6.19. The molecule has 284 valence electrons. The minimum absolute atomic E-state index is 0.00196. The monoisotopic (exact) mass is 771 g/mol. The predicted octanol–water partition coefficient (Wildman–Crippen LogP) is 2.99. The number of aliphatic hydroxyl groups excluding tert-OH is 1. The number of nitrogens with one attached hydrogen (secondary N) is 1. The Morgan fingerprint density at radius 2 is 1.91 bits per heavy atom. The van der Waals surface area contributed by atoms with Gasteiger partial charge in [0, 0.05) is 21.1 Å². The van der Waals surface area contributed by atoms with Gasteiger partial charge in [-0.15, -0.1) is 21.4 Å². The van der Waals surface area contributed by atoms with E-state index in [1.807, 2.05) is 0 Å². The third-order valence-corrected chi connectivity index (χ3v) is 10.0. The number of ether oxygens (including phenoxy) is 4. The number of aliphatic hydroxyl groups is 2. The highest BCUT2D eigenvalue weighted by Crippen LogP contribution is 2.40. The number of carboxylic acids is 1. The van der Waals surface area contributed by atoms with Crippen molar-refractivity contribution in [3.63, 3.8) is 0 Å². The fourth-order valence-corrected chi connectivity index (χ4v) is 6.31. The summed E-state index contributed by atoms with van der Waals surface area (Å²) in [6, 6.07) is 9.55. The third kappa shape index (κ3) is 8.98. The Labute approximate surface area is 310 Å². The van der Waals surface area contributed by atoms with Crippen LogP contribution in [0.1, 0.15) is 38.4 Å². The van der Waals surface area contributed by atoms with E-state index in [9.17, 15) is 24.9 Å². The summed E-state index contributed by atoms with van der Waals surface area (Å²) in [5.74, 6) is 0.325. The van der Waals surface area contributed by atoms with E-state index in [-0.39, 0.29) is 41.2 Å². The minimum atomic E-state index is -2.41. The van der Waals surface area contributed by atoms with Gasteiger partial charge < -0.3 is 34.3 Å². The van der Waals surface area contributed by atoms with Crippen LogP contribution in [0.15, 0.2) is 36.7 Å². The van der Waals surface area contributed by atoms with Crippen molar-refractivity contribution < 1.29 is 43.9 Å². The van der Waals surface area contributed by atoms with Crippen LogP contribution in [0.5, 0.6) is 0 Å². The summed E-state index contributed by atoms with van der Waals surface area (Å²) in [7, 11) is -1.37. The Morgan fingerprint density at radius 3 is 2.55 bits per heavy atom. The number of aromatic nitrogens is 8. The number of anilines is 1. The maximum atomic E-state index is 13.2. The Balaban J connectivity index is 1.43. The average Bonchev–Trinajstić information content (AvgIpc) is 3.78. The number of amides is 1. The summed E-state index contributed by atoms with van der Waals surface area (Å²) < 4.78 is 24.5. The summed E-state index contributed by atoms with van der Waals surface area (Å²) in [4.78, 5) is 39.3. The van der Waals surface area contributed by atoms with Crippen LogP contribution in [0, 0.1) is 12.3 Å². The molecule has 0 saturated carbocycles. The Hall–Kier alpha value is -4.55. The topological polar surface area (TPSA) is 231 Å². The van der Waals surface area contributed by atoms with E-state index in [0.717, 1.165) is 10.8 Å². The van der Waals surface area contributed by atoms with Gasteiger partial charge in [-0.1, -0.05) is 55.9 Å². The Morgan fingerprint density at radius 1 is 1.19 bits per heavy atom. The molecule has 0 aliphatic carbocycles. The molecule has 5 rings (SSSR count). The lowest BCUT2D eigenvalue weighted by Gasteiger charge is -2.30. The molecule has 1 unspecified atom stereocenters. The summed E-state index contributed by atoms with van der Waals surface area (Å²) in [5, 5.41) is 48.3. The zero-order chi connectivity index (χ0) is 38.8. The lowest BCUT2D eigenvalue weighted by atomic mass is 9.91. The van der Waals surface area contributed by atoms with Gasteiger partial charge in [0.25, 0.3) is 0 Å². The van der Waals surface area contributed by atoms with Crippen LogP contribution in [0.3, 0.4) is 0 Å². The van der Waals surface area contributed by atoms with E-state index >= 15 is 0 Å². The van der Waals surface area contributed by atoms with Gasteiger partial charge in [0.05, 0.1) is 12.9 Å². The van der Waals surface area contributed by atoms with Gasteiger partial charge in [-0.3, -0.25) is 9.88 Å². The highest BCUT2D eigenvalue weighted by Gasteiger charge is 2.57. The van der Waals surface area contributed by atoms with Crippen LogP contribution in [0.4, 0.5) is 10.6 Å². The maximum Gasteiger partial charge on any atom is 0.413 e. The van der Waals surface area contributed by atoms with E-state index < -0.39 is 62.0 Å². The first-order valence-electron chi connectivity index (χ1n) is 16.6. The molecule has 18 nitrogen and oxygen atoms in total. The molecule has 20 heteroatoms. The van der Waals surface area contributed by atoms with Crippen molar-refractivity contribution in [1.29, 1.82) is 0 Å². The van der Waals surface area contributed by atoms with Crippen LogP contribution in [0.2, 0.25) is 31.0 Å². The molecule has 1 amide bonds. The van der Waals surface area contributed by atoms with E-state index in [0.29, 0.717) is 12.2 Å². The number of terminal acetylenes is 1. The number of hydrogen-bond acceptors (Lipinski definition) is 14. The number of nitrogens with zero attached hydrogens (tertiary/aromatic N) is 8. The fourth-order valence-electron chi connectivity index (χ4n) is 5.39. The number of carbonyl (C=O) groups is 2. The second-order valence-electron chi connectivity index (χ2n) is 14.7. The zero-order valence-electron chi connectivity index (χ0n) is 30.1. The van der Waals surface area contributed by atoms with Gasteiger partial charge in [-0.25, -0.2) is 14.6 Å². The first-order valence-corrected chi connectivity index (χ1v) is 20.6. The molecule has 1 fully saturated rings. The molecule has 53 heavy (non-hydrogen) atoms. The molecule has 0 bridgehead atoms. The minimum Gasteiger partial charge on any atom is -0.479 e. The maximum absolute atomic E-state index is 13.2. The molecule has 1 aliphatic heterocycles. The molecule has 4 aromatic rings. The molecule has 1 saturated heterocycles. The number of tetrazole rings is 1. The van der Waals surface area contributed by atoms with Crippen LogP contribution in [-0.2, 0) is 42.5 Å². The molecule has 1 aliphatic rings. The zero-order valence-corrected chi connectivity index (χ0v) is 31.8. The van der Waals surface area contributed by atoms with Crippen molar-refractivity contribution >= 4 is 48.7 Å². The molecular weight excluding hydrogens is 730 g/mol. The van der Waals surface area contributed by atoms with Crippen molar-refractivity contribution in [2.24, 2.45) is 0 Å². The Kier molecular flexibility index (Phi) is 11.5. The normalized spacial score (nSPS) is 21.6. The molecule has 0 radical (unpaired) electrons. The number of hydrogen-bond donors (Lipinski definition) is 4. The van der Waals surface area contributed by atoms with Gasteiger partial charge >= 0.3 is 12.1 Å². The van der Waals surface area contributed by atoms with Crippen molar-refractivity contribution in [3.05, 3.63) is 53.3 Å². The van der Waals surface area contributed by atoms with Gasteiger partial charge in [0.1, 0.15) is 17.8 Å². The standard InChI is InChI=1S/C33H42ClN9O9Si/c1-8-32(48)21(51-26(23(32)44)42-18-35-22-24(36-29(34)38-25(22)42)37-30(47)52-31(2,3)4)17-50-33(28(45)46,16-20-12-10-9-11-13-20)27-39-41-43(40-27)19-49-14-15-53(5,6)7/h1,9-13,18,21,23,26,44,48H,14-17,19H2,2-7H3,(H,45,46)(H,36,37,38,47)/t21-,23+,26-,32-,33?/m1/s1. The highest BCUT2D eigenvalue weighted by molar-refractivity contribution is 6.76. The number of aliphatic carboxylic acids is 1. The van der Waals surface area contributed by atoms with Crippen LogP contribution < -0.4 is 5.32 Å². The van der Waals surface area contributed by atoms with Crippen molar-refractivity contribution in [2.75, 3.05) is 18.5 Å². The van der Waals surface area contributed by atoms with Gasteiger partial charge in [-0.05, 0) is 49.2 Å². The third-order valence-electron chi connectivity index (χ3n) is 8.17. The van der Waals surface area contributed by atoms with E-state index in [1.165, 1.54) is 10.9 Å². The summed E-state index contributed by atoms with van der Waals surface area (Å²) in [6.07, 6.45) is 1.10. The lowest BCUT2D eigenvalue weighted by molar-refractivity contribution is -0.180. The first-order chi connectivity index (χ1) is 24.8. The lowest BCUT2D eigenvalue weighted by Crippen LogP contribution is -2.51. The first kappa shape index (κ1) is 39.6. The number of imidazole rings is 1. The van der Waals surface area contributed by atoms with Gasteiger partial charge in [0.15, 0.2) is 35.5 Å². The van der Waals surface area contributed by atoms with E-state index in [1.54, 1.807) is 51.1 Å². The number of fused-ring (bicyclic) bond motifs is 1. The second-order valence-corrected chi connectivity index (χ2v) is 20.6. The van der Waals surface area contributed by atoms with Gasteiger partial charge in [0.2, 0.25) is 16.7 Å². The van der Waals surface area contributed by atoms with Crippen LogP contribution >= 0.6 is 11.6 Å². The molecule has 5 atom stereocenters. The smallest absolute Gasteiger partial charge is 0.413 e. The molecule has 3 aromatic heterocycles. The molecule has 0 spiro atoms. The number of rotatable bonds is 14. The summed E-state index contributed by atoms with van der Waals surface area (Å²) in [6.45, 7) is 11.4. The predicted molar refractivity (Wildman–Crippen MR) is 191 cm³/mol. The highest BCUT2D eigenvalue weighted by atomic mass is 35.5. The number of halogens is 1. The number of carbonyl (C=O) groups excluding carboxylic acids is 1. The fraction of sp³-hybridized carbons (Fsp3) is 0.515. The SMILES string of the molecule is C#C[C@@]1(O)[C@@H](COC(Cc2ccccc2)(C(=O)O)c2nnn(COCC[Si](C)(C)C)n2)O[C@@H](n2cnc3c(NC(=O)OC(C)(C)C)nc(Cl)nc32)[C@@H]1O. The molecular formula is C33H42ClN9O9Si. The molecule has 1 aromatic carbocycles. The van der Waals surface area contributed by atoms with Crippen LogP contribution in [0.25, 0.3) is 11.2 Å². The Bertz CT molecular complexity index is 1980. The molecule has 4 N–H and O–H groups in total. The van der Waals surface area contributed by atoms with E-state index in [4.69, 9.17) is 37.0 Å². The van der Waals surface area contributed by atoms with Crippen molar-refractivity contribution in [1.82, 2.24) is 39.7 Å². The molecule has 4 heterocycles. The van der Waals surface area contributed by atoms with Gasteiger partial charge in [-0.2, -0.15) is 9.97 Å².